The predicted molar refractivity (Wildman–Crippen MR) is 66.5 cm³/mol. The second kappa shape index (κ2) is 4.87. The van der Waals surface area contributed by atoms with Crippen molar-refractivity contribution in [3.05, 3.63) is 35.8 Å². The van der Waals surface area contributed by atoms with Gasteiger partial charge in [-0.3, -0.25) is 0 Å². The first-order valence-electron chi connectivity index (χ1n) is 5.57. The lowest BCUT2D eigenvalue weighted by Crippen LogP contribution is -2.09. The Labute approximate surface area is 104 Å². The fourth-order valence-corrected chi connectivity index (χ4v) is 1.57. The van der Waals surface area contributed by atoms with Gasteiger partial charge in [0.15, 0.2) is 11.5 Å². The minimum atomic E-state index is -0.526. The van der Waals surface area contributed by atoms with Crippen molar-refractivity contribution in [2.45, 2.75) is 13.8 Å². The second-order valence-corrected chi connectivity index (χ2v) is 3.74. The lowest BCUT2D eigenvalue weighted by molar-refractivity contribution is 0.0520. The van der Waals surface area contributed by atoms with E-state index in [9.17, 15) is 4.79 Å². The molecule has 0 radical (unpaired) electrons. The van der Waals surface area contributed by atoms with E-state index in [0.29, 0.717) is 5.82 Å². The number of esters is 1. The first kappa shape index (κ1) is 12.1. The molecule has 94 valence electrons. The zero-order chi connectivity index (χ0) is 13.1. The summed E-state index contributed by atoms with van der Waals surface area (Å²) in [4.78, 5) is 15.8. The van der Waals surface area contributed by atoms with Crippen LogP contribution in [0.1, 0.15) is 23.0 Å². The molecule has 0 aliphatic carbocycles. The highest BCUT2D eigenvalue weighted by atomic mass is 16.5. The van der Waals surface area contributed by atoms with Gasteiger partial charge in [-0.1, -0.05) is 6.07 Å². The molecule has 2 heterocycles. The minimum absolute atomic E-state index is 0.113. The maximum Gasteiger partial charge on any atom is 0.361 e. The largest absolute Gasteiger partial charge is 0.461 e. The number of ether oxygens (including phenoxy) is 1. The van der Waals surface area contributed by atoms with Gasteiger partial charge >= 0.3 is 5.97 Å². The van der Waals surface area contributed by atoms with Crippen LogP contribution in [0.4, 0.5) is 5.69 Å². The van der Waals surface area contributed by atoms with E-state index in [0.717, 1.165) is 5.56 Å². The SMILES string of the molecule is CCOC(=O)c1nn(-c2ncccc2C)cc1N. The Balaban J connectivity index is 2.41. The van der Waals surface area contributed by atoms with Crippen LogP contribution in [0.25, 0.3) is 5.82 Å². The minimum Gasteiger partial charge on any atom is -0.461 e. The topological polar surface area (TPSA) is 83.0 Å². The average Bonchev–Trinajstić information content (AvgIpc) is 2.72. The molecule has 0 saturated heterocycles. The number of nitrogens with two attached hydrogens (primary N) is 1. The molecule has 0 atom stereocenters. The van der Waals surface area contributed by atoms with Crippen LogP contribution in [0, 0.1) is 6.92 Å². The molecule has 0 aliphatic rings. The molecule has 0 amide bonds. The lowest BCUT2D eigenvalue weighted by atomic mass is 10.3. The summed E-state index contributed by atoms with van der Waals surface area (Å²) in [7, 11) is 0. The van der Waals surface area contributed by atoms with Gasteiger partial charge in [-0.15, -0.1) is 0 Å². The van der Waals surface area contributed by atoms with Crippen molar-refractivity contribution in [3.63, 3.8) is 0 Å². The third-order valence-electron chi connectivity index (χ3n) is 2.41. The smallest absolute Gasteiger partial charge is 0.361 e. The van der Waals surface area contributed by atoms with Crippen LogP contribution in [-0.2, 0) is 4.74 Å². The number of carbonyl (C=O) groups excluding carboxylic acids is 1. The van der Waals surface area contributed by atoms with Crippen LogP contribution in [0.5, 0.6) is 0 Å². The number of carbonyl (C=O) groups is 1. The van der Waals surface area contributed by atoms with E-state index in [1.165, 1.54) is 4.68 Å². The van der Waals surface area contributed by atoms with Gasteiger partial charge in [0.1, 0.15) is 0 Å². The number of pyridine rings is 1. The van der Waals surface area contributed by atoms with Gasteiger partial charge in [0.05, 0.1) is 18.5 Å². The quantitative estimate of drug-likeness (QED) is 0.826. The zero-order valence-corrected chi connectivity index (χ0v) is 10.3. The summed E-state index contributed by atoms with van der Waals surface area (Å²) in [6.07, 6.45) is 3.21. The third-order valence-corrected chi connectivity index (χ3v) is 2.41. The predicted octanol–water partition coefficient (Wildman–Crippen LogP) is 1.33. The Kier molecular flexibility index (Phi) is 3.27. The first-order valence-corrected chi connectivity index (χ1v) is 5.57. The van der Waals surface area contributed by atoms with Crippen LogP contribution in [-0.4, -0.2) is 27.3 Å². The Hall–Kier alpha value is -2.37. The monoisotopic (exact) mass is 246 g/mol. The fraction of sp³-hybridized carbons (Fsp3) is 0.250. The van der Waals surface area contributed by atoms with E-state index in [1.807, 2.05) is 19.1 Å². The van der Waals surface area contributed by atoms with Gasteiger partial charge in [0.25, 0.3) is 0 Å². The fourth-order valence-electron chi connectivity index (χ4n) is 1.57. The number of hydrogen-bond donors (Lipinski definition) is 1. The Morgan fingerprint density at radius 2 is 2.33 bits per heavy atom. The van der Waals surface area contributed by atoms with Crippen molar-refractivity contribution in [1.29, 1.82) is 0 Å². The molecule has 0 bridgehead atoms. The van der Waals surface area contributed by atoms with E-state index < -0.39 is 5.97 Å². The number of anilines is 1. The van der Waals surface area contributed by atoms with Gasteiger partial charge in [-0.05, 0) is 25.5 Å². The molecule has 2 aromatic heterocycles. The normalized spacial score (nSPS) is 10.3. The highest BCUT2D eigenvalue weighted by Crippen LogP contribution is 2.15. The zero-order valence-electron chi connectivity index (χ0n) is 10.3. The summed E-state index contributed by atoms with van der Waals surface area (Å²) < 4.78 is 6.36. The summed E-state index contributed by atoms with van der Waals surface area (Å²) in [5, 5.41) is 4.11. The standard InChI is InChI=1S/C12H14N4O2/c1-3-18-12(17)10-9(13)7-16(15-10)11-8(2)5-4-6-14-11/h4-7H,3,13H2,1-2H3. The second-order valence-electron chi connectivity index (χ2n) is 3.74. The first-order chi connectivity index (χ1) is 8.63. The van der Waals surface area contributed by atoms with Crippen molar-refractivity contribution in [3.8, 4) is 5.82 Å². The Bertz CT molecular complexity index is 577. The summed E-state index contributed by atoms with van der Waals surface area (Å²) in [5.74, 6) is 0.113. The summed E-state index contributed by atoms with van der Waals surface area (Å²) >= 11 is 0. The van der Waals surface area contributed by atoms with Crippen LogP contribution in [0.2, 0.25) is 0 Å². The molecule has 6 nitrogen and oxygen atoms in total. The van der Waals surface area contributed by atoms with Crippen molar-refractivity contribution >= 4 is 11.7 Å². The van der Waals surface area contributed by atoms with Gasteiger partial charge in [0.2, 0.25) is 0 Å². The number of nitrogen functional groups attached to an aromatic ring is 1. The molecule has 6 heteroatoms. The van der Waals surface area contributed by atoms with E-state index in [-0.39, 0.29) is 18.0 Å². The van der Waals surface area contributed by atoms with E-state index >= 15 is 0 Å². The van der Waals surface area contributed by atoms with Crippen molar-refractivity contribution in [2.24, 2.45) is 0 Å². The molecule has 0 fully saturated rings. The lowest BCUT2D eigenvalue weighted by Gasteiger charge is -2.02. The average molecular weight is 246 g/mol. The molecule has 0 saturated carbocycles. The molecule has 0 aliphatic heterocycles. The van der Waals surface area contributed by atoms with Crippen molar-refractivity contribution < 1.29 is 9.53 Å². The van der Waals surface area contributed by atoms with Crippen molar-refractivity contribution in [1.82, 2.24) is 14.8 Å². The van der Waals surface area contributed by atoms with Gasteiger partial charge < -0.3 is 10.5 Å². The summed E-state index contributed by atoms with van der Waals surface area (Å²) in [6.45, 7) is 3.92. The molecular formula is C12H14N4O2. The van der Waals surface area contributed by atoms with Crippen LogP contribution < -0.4 is 5.73 Å². The number of nitrogens with zero attached hydrogens (tertiary/aromatic N) is 3. The maximum absolute atomic E-state index is 11.6. The van der Waals surface area contributed by atoms with Gasteiger partial charge in [-0.2, -0.15) is 5.10 Å². The molecule has 18 heavy (non-hydrogen) atoms. The highest BCUT2D eigenvalue weighted by molar-refractivity contribution is 5.92. The molecule has 2 N–H and O–H groups in total. The molecule has 0 aromatic carbocycles. The van der Waals surface area contributed by atoms with E-state index in [2.05, 4.69) is 10.1 Å². The molecular weight excluding hydrogens is 232 g/mol. The molecule has 2 rings (SSSR count). The third kappa shape index (κ3) is 2.17. The van der Waals surface area contributed by atoms with E-state index in [1.54, 1.807) is 19.3 Å². The summed E-state index contributed by atoms with van der Waals surface area (Å²) in [6, 6.07) is 3.74. The molecule has 0 spiro atoms. The molecule has 2 aromatic rings. The molecule has 0 unspecified atom stereocenters. The van der Waals surface area contributed by atoms with Gasteiger partial charge in [0, 0.05) is 6.20 Å². The van der Waals surface area contributed by atoms with Crippen LogP contribution >= 0.6 is 0 Å². The van der Waals surface area contributed by atoms with Crippen LogP contribution in [0.15, 0.2) is 24.5 Å². The van der Waals surface area contributed by atoms with Crippen LogP contribution in [0.3, 0.4) is 0 Å². The van der Waals surface area contributed by atoms with E-state index in [4.69, 9.17) is 10.5 Å². The maximum atomic E-state index is 11.6. The number of rotatable bonds is 3. The Morgan fingerprint density at radius 3 is 3.00 bits per heavy atom. The summed E-state index contributed by atoms with van der Waals surface area (Å²) in [5.41, 5.74) is 7.08. The number of hydrogen-bond acceptors (Lipinski definition) is 5. The number of aromatic nitrogens is 3. The van der Waals surface area contributed by atoms with Crippen molar-refractivity contribution in [2.75, 3.05) is 12.3 Å². The number of aryl methyl sites for hydroxylation is 1. The van der Waals surface area contributed by atoms with Gasteiger partial charge in [-0.25, -0.2) is 14.5 Å². The highest BCUT2D eigenvalue weighted by Gasteiger charge is 2.17. The Morgan fingerprint density at radius 1 is 1.56 bits per heavy atom.